The second-order valence-corrected chi connectivity index (χ2v) is 7.33. The molecule has 2 amide bonds. The van der Waals surface area contributed by atoms with E-state index in [1.807, 2.05) is 67.8 Å². The van der Waals surface area contributed by atoms with Gasteiger partial charge in [-0.15, -0.1) is 11.3 Å². The fourth-order valence-electron chi connectivity index (χ4n) is 3.13. The van der Waals surface area contributed by atoms with E-state index in [1.54, 1.807) is 12.1 Å². The normalized spacial score (nSPS) is 14.2. The molecule has 0 unspecified atom stereocenters. The van der Waals surface area contributed by atoms with Gasteiger partial charge in [-0.3, -0.25) is 9.59 Å². The molecule has 0 atom stereocenters. The summed E-state index contributed by atoms with van der Waals surface area (Å²) in [7, 11) is 0. The summed E-state index contributed by atoms with van der Waals surface area (Å²) in [5.41, 5.74) is 4.30. The molecule has 0 spiro atoms. The Hall–Kier alpha value is -3.18. The molecule has 4 nitrogen and oxygen atoms in total. The minimum absolute atomic E-state index is 0.304. The lowest BCUT2D eigenvalue weighted by molar-refractivity contribution is -0.120. The van der Waals surface area contributed by atoms with Crippen molar-refractivity contribution in [3.8, 4) is 0 Å². The zero-order chi connectivity index (χ0) is 19.0. The lowest BCUT2D eigenvalue weighted by Crippen LogP contribution is -2.32. The molecule has 1 aromatic heterocycles. The molecule has 0 bridgehead atoms. The van der Waals surface area contributed by atoms with Gasteiger partial charge >= 0.3 is 0 Å². The molecule has 4 rings (SSSR count). The number of thiophene rings is 1. The average molecular weight is 374 g/mol. The molecular weight excluding hydrogens is 356 g/mol. The summed E-state index contributed by atoms with van der Waals surface area (Å²) >= 11 is 1.45. The maximum atomic E-state index is 13.2. The van der Waals surface area contributed by atoms with Crippen molar-refractivity contribution in [3.63, 3.8) is 0 Å². The van der Waals surface area contributed by atoms with Gasteiger partial charge in [-0.05, 0) is 54.6 Å². The highest BCUT2D eigenvalue weighted by molar-refractivity contribution is 7.11. The zero-order valence-corrected chi connectivity index (χ0v) is 15.8. The third-order valence-corrected chi connectivity index (χ3v) is 5.62. The van der Waals surface area contributed by atoms with Crippen molar-refractivity contribution in [2.45, 2.75) is 13.8 Å². The van der Waals surface area contributed by atoms with Crippen molar-refractivity contribution >= 4 is 40.1 Å². The quantitative estimate of drug-likeness (QED) is 0.670. The van der Waals surface area contributed by atoms with Crippen LogP contribution in [0.2, 0.25) is 0 Å². The first-order valence-electron chi connectivity index (χ1n) is 8.63. The van der Waals surface area contributed by atoms with Gasteiger partial charge in [-0.25, -0.2) is 4.90 Å². The number of para-hydroxylation sites is 1. The van der Waals surface area contributed by atoms with Crippen LogP contribution in [0.15, 0.2) is 71.7 Å². The van der Waals surface area contributed by atoms with E-state index < -0.39 is 0 Å². The van der Waals surface area contributed by atoms with Gasteiger partial charge in [0.15, 0.2) is 0 Å². The van der Waals surface area contributed by atoms with E-state index in [9.17, 15) is 9.59 Å². The lowest BCUT2D eigenvalue weighted by atomic mass is 10.1. The molecule has 134 valence electrons. The van der Waals surface area contributed by atoms with Crippen molar-refractivity contribution in [3.05, 3.63) is 87.7 Å². The molecular formula is C22H18N2O2S. The Bertz CT molecular complexity index is 1050. The maximum absolute atomic E-state index is 13.2. The number of amides is 2. The molecule has 0 aliphatic carbocycles. The number of hydrogen-bond donors (Lipinski definition) is 1. The number of hydrogen-bond acceptors (Lipinski definition) is 4. The number of imide groups is 1. The predicted molar refractivity (Wildman–Crippen MR) is 110 cm³/mol. The Morgan fingerprint density at radius 2 is 1.63 bits per heavy atom. The summed E-state index contributed by atoms with van der Waals surface area (Å²) in [6.45, 7) is 4.02. The van der Waals surface area contributed by atoms with E-state index >= 15 is 0 Å². The number of rotatable bonds is 4. The topological polar surface area (TPSA) is 49.4 Å². The van der Waals surface area contributed by atoms with Crippen LogP contribution in [-0.2, 0) is 9.59 Å². The number of carbonyl (C=O) groups excluding carboxylic acids is 2. The predicted octanol–water partition coefficient (Wildman–Crippen LogP) is 4.76. The lowest BCUT2D eigenvalue weighted by Gasteiger charge is -2.16. The van der Waals surface area contributed by atoms with Gasteiger partial charge in [-0.2, -0.15) is 0 Å². The number of aryl methyl sites for hydroxylation is 1. The number of benzene rings is 2. The smallest absolute Gasteiger partial charge is 0.282 e. The van der Waals surface area contributed by atoms with Crippen LogP contribution in [0, 0.1) is 13.8 Å². The highest BCUT2D eigenvalue weighted by Gasteiger charge is 2.40. The van der Waals surface area contributed by atoms with E-state index in [1.165, 1.54) is 16.2 Å². The molecule has 0 fully saturated rings. The maximum Gasteiger partial charge on any atom is 0.282 e. The first-order valence-corrected chi connectivity index (χ1v) is 9.51. The Balaban J connectivity index is 1.83. The van der Waals surface area contributed by atoms with E-state index in [0.717, 1.165) is 21.7 Å². The van der Waals surface area contributed by atoms with Crippen LogP contribution < -0.4 is 10.2 Å². The van der Waals surface area contributed by atoms with Gasteiger partial charge in [0.1, 0.15) is 5.70 Å². The van der Waals surface area contributed by atoms with Gasteiger partial charge in [-0.1, -0.05) is 36.4 Å². The van der Waals surface area contributed by atoms with Crippen LogP contribution in [0.4, 0.5) is 11.4 Å². The van der Waals surface area contributed by atoms with Crippen molar-refractivity contribution in [1.82, 2.24) is 0 Å². The Morgan fingerprint density at radius 1 is 0.852 bits per heavy atom. The molecule has 0 saturated carbocycles. The van der Waals surface area contributed by atoms with E-state index in [2.05, 4.69) is 5.32 Å². The van der Waals surface area contributed by atoms with Gasteiger partial charge in [0.2, 0.25) is 0 Å². The summed E-state index contributed by atoms with van der Waals surface area (Å²) in [4.78, 5) is 28.4. The van der Waals surface area contributed by atoms with Crippen LogP contribution in [0.25, 0.3) is 5.57 Å². The molecule has 0 radical (unpaired) electrons. The molecule has 1 aliphatic rings. The monoisotopic (exact) mass is 374 g/mol. The van der Waals surface area contributed by atoms with Crippen LogP contribution in [0.5, 0.6) is 0 Å². The molecule has 0 saturated heterocycles. The number of anilines is 2. The molecule has 1 N–H and O–H groups in total. The Morgan fingerprint density at radius 3 is 2.33 bits per heavy atom. The summed E-state index contributed by atoms with van der Waals surface area (Å²) in [6.07, 6.45) is 0. The fourth-order valence-corrected chi connectivity index (χ4v) is 3.90. The van der Waals surface area contributed by atoms with Crippen molar-refractivity contribution in [2.75, 3.05) is 10.2 Å². The second kappa shape index (κ2) is 6.85. The first kappa shape index (κ1) is 17.2. The Kier molecular flexibility index (Phi) is 4.38. The SMILES string of the molecule is Cc1cccc(NC2=C(c3cccs3)C(=O)N(c3ccccc3)C2=O)c1C. The molecule has 2 aromatic carbocycles. The average Bonchev–Trinajstić information content (AvgIpc) is 3.27. The van der Waals surface area contributed by atoms with Gasteiger partial charge < -0.3 is 5.32 Å². The van der Waals surface area contributed by atoms with Gasteiger partial charge in [0.25, 0.3) is 11.8 Å². The minimum Gasteiger partial charge on any atom is -0.350 e. The highest BCUT2D eigenvalue weighted by Crippen LogP contribution is 2.36. The van der Waals surface area contributed by atoms with Crippen LogP contribution in [-0.4, -0.2) is 11.8 Å². The standard InChI is InChI=1S/C22H18N2O2S/c1-14-8-6-11-17(15(14)2)23-20-19(18-12-7-13-27-18)21(25)24(22(20)26)16-9-4-3-5-10-16/h3-13,23H,1-2H3. The third kappa shape index (κ3) is 2.96. The summed E-state index contributed by atoms with van der Waals surface area (Å²) in [5.74, 6) is -0.642. The van der Waals surface area contributed by atoms with Gasteiger partial charge in [0.05, 0.1) is 11.3 Å². The summed E-state index contributed by atoms with van der Waals surface area (Å²) in [6, 6.07) is 18.6. The molecule has 27 heavy (non-hydrogen) atoms. The molecule has 5 heteroatoms. The fraction of sp³-hybridized carbons (Fsp3) is 0.0909. The van der Waals surface area contributed by atoms with Crippen LogP contribution in [0.1, 0.15) is 16.0 Å². The minimum atomic E-state index is -0.337. The number of nitrogens with zero attached hydrogens (tertiary/aromatic N) is 1. The molecule has 1 aliphatic heterocycles. The summed E-state index contributed by atoms with van der Waals surface area (Å²) in [5, 5.41) is 5.15. The van der Waals surface area contributed by atoms with Crippen molar-refractivity contribution in [2.24, 2.45) is 0 Å². The van der Waals surface area contributed by atoms with Crippen LogP contribution >= 0.6 is 11.3 Å². The van der Waals surface area contributed by atoms with Crippen LogP contribution in [0.3, 0.4) is 0 Å². The van der Waals surface area contributed by atoms with Crippen molar-refractivity contribution in [1.29, 1.82) is 0 Å². The van der Waals surface area contributed by atoms with Crippen molar-refractivity contribution < 1.29 is 9.59 Å². The van der Waals surface area contributed by atoms with E-state index in [-0.39, 0.29) is 11.8 Å². The largest absolute Gasteiger partial charge is 0.350 e. The second-order valence-electron chi connectivity index (χ2n) is 6.38. The third-order valence-electron chi connectivity index (χ3n) is 4.73. The Labute approximate surface area is 161 Å². The van der Waals surface area contributed by atoms with E-state index in [4.69, 9.17) is 0 Å². The summed E-state index contributed by atoms with van der Waals surface area (Å²) < 4.78 is 0. The molecule has 3 aromatic rings. The molecule has 2 heterocycles. The van der Waals surface area contributed by atoms with Gasteiger partial charge in [0, 0.05) is 10.6 Å². The number of nitrogens with one attached hydrogen (secondary N) is 1. The first-order chi connectivity index (χ1) is 13.1. The van der Waals surface area contributed by atoms with E-state index in [0.29, 0.717) is 17.0 Å². The zero-order valence-electron chi connectivity index (χ0n) is 15.0. The highest BCUT2D eigenvalue weighted by atomic mass is 32.1. The number of carbonyl (C=O) groups is 2.